The molecule has 0 aliphatic heterocycles. The van der Waals surface area contributed by atoms with Gasteiger partial charge in [-0.3, -0.25) is 0 Å². The number of ether oxygens (including phenoxy) is 1. The highest BCUT2D eigenvalue weighted by molar-refractivity contribution is 5.88. The third-order valence-corrected chi connectivity index (χ3v) is 1.54. The Hall–Kier alpha value is -1.55. The molecule has 15 heavy (non-hydrogen) atoms. The van der Waals surface area contributed by atoms with E-state index in [4.69, 9.17) is 15.6 Å². The minimum absolute atomic E-state index is 0.222. The number of nitrogen functional groups attached to an aromatic ring is 1. The van der Waals surface area contributed by atoms with E-state index in [1.807, 2.05) is 13.8 Å². The van der Waals surface area contributed by atoms with E-state index in [1.165, 1.54) is 12.1 Å². The van der Waals surface area contributed by atoms with Gasteiger partial charge < -0.3 is 15.6 Å². The fraction of sp³-hybridized carbons (Fsp3) is 0.364. The second kappa shape index (κ2) is 7.82. The van der Waals surface area contributed by atoms with Gasteiger partial charge in [-0.05, 0) is 32.0 Å². The highest BCUT2D eigenvalue weighted by atomic mass is 16.5. The smallest absolute Gasteiger partial charge is 0.335 e. The van der Waals surface area contributed by atoms with Crippen molar-refractivity contribution >= 4 is 11.7 Å². The van der Waals surface area contributed by atoms with Gasteiger partial charge in [-0.1, -0.05) is 6.07 Å². The predicted octanol–water partition coefficient (Wildman–Crippen LogP) is 2.01. The molecule has 0 saturated carbocycles. The number of carboxylic acids is 1. The lowest BCUT2D eigenvalue weighted by atomic mass is 10.2. The predicted molar refractivity (Wildman–Crippen MR) is 60.0 cm³/mol. The van der Waals surface area contributed by atoms with Crippen LogP contribution in [0, 0.1) is 0 Å². The van der Waals surface area contributed by atoms with Crippen LogP contribution in [0.1, 0.15) is 24.2 Å². The first-order chi connectivity index (χ1) is 7.11. The molecule has 0 aliphatic rings. The summed E-state index contributed by atoms with van der Waals surface area (Å²) < 4.78 is 4.83. The average molecular weight is 211 g/mol. The van der Waals surface area contributed by atoms with Gasteiger partial charge >= 0.3 is 5.97 Å². The summed E-state index contributed by atoms with van der Waals surface area (Å²) in [6.45, 7) is 5.67. The van der Waals surface area contributed by atoms with E-state index in [2.05, 4.69) is 0 Å². The van der Waals surface area contributed by atoms with Gasteiger partial charge in [0.05, 0.1) is 5.56 Å². The topological polar surface area (TPSA) is 72.5 Å². The summed E-state index contributed by atoms with van der Waals surface area (Å²) in [7, 11) is 0. The molecular formula is C11H17NO3. The quantitative estimate of drug-likeness (QED) is 0.750. The van der Waals surface area contributed by atoms with Crippen molar-refractivity contribution in [2.45, 2.75) is 13.8 Å². The molecule has 0 saturated heterocycles. The van der Waals surface area contributed by atoms with Crippen LogP contribution in [-0.4, -0.2) is 24.3 Å². The Morgan fingerprint density at radius 3 is 2.27 bits per heavy atom. The molecule has 0 spiro atoms. The second-order valence-corrected chi connectivity index (χ2v) is 2.71. The van der Waals surface area contributed by atoms with E-state index in [-0.39, 0.29) is 5.56 Å². The Kier molecular flexibility index (Phi) is 7.01. The summed E-state index contributed by atoms with van der Waals surface area (Å²) in [5.41, 5.74) is 6.03. The summed E-state index contributed by atoms with van der Waals surface area (Å²) in [5.74, 6) is -0.952. The maximum Gasteiger partial charge on any atom is 0.335 e. The number of rotatable bonds is 3. The van der Waals surface area contributed by atoms with Gasteiger partial charge in [-0.15, -0.1) is 0 Å². The van der Waals surface area contributed by atoms with E-state index in [0.29, 0.717) is 5.69 Å². The van der Waals surface area contributed by atoms with Crippen LogP contribution in [0.3, 0.4) is 0 Å². The number of benzene rings is 1. The van der Waals surface area contributed by atoms with Gasteiger partial charge in [0.2, 0.25) is 0 Å². The molecule has 0 aromatic heterocycles. The molecule has 1 rings (SSSR count). The monoisotopic (exact) mass is 211 g/mol. The first-order valence-electron chi connectivity index (χ1n) is 4.78. The Bertz CT molecular complexity index is 298. The summed E-state index contributed by atoms with van der Waals surface area (Å²) in [6, 6.07) is 6.17. The van der Waals surface area contributed by atoms with Crippen LogP contribution in [0.2, 0.25) is 0 Å². The van der Waals surface area contributed by atoms with E-state index in [0.717, 1.165) is 13.2 Å². The van der Waals surface area contributed by atoms with Gasteiger partial charge in [-0.25, -0.2) is 4.79 Å². The zero-order chi connectivity index (χ0) is 11.7. The molecule has 0 unspecified atom stereocenters. The lowest BCUT2D eigenvalue weighted by molar-refractivity contribution is 0.0697. The van der Waals surface area contributed by atoms with Crippen LogP contribution in [0.15, 0.2) is 24.3 Å². The molecule has 4 nitrogen and oxygen atoms in total. The minimum atomic E-state index is -0.952. The highest BCUT2D eigenvalue weighted by Gasteiger charge is 1.99. The third kappa shape index (κ3) is 6.51. The standard InChI is InChI=1S/C7H7NO2.C4H10O/c8-6-3-1-2-5(4-6)7(9)10;1-3-5-4-2/h1-4H,8H2,(H,9,10);3-4H2,1-2H3. The first-order valence-corrected chi connectivity index (χ1v) is 4.78. The number of nitrogens with two attached hydrogens (primary N) is 1. The number of hydrogen-bond donors (Lipinski definition) is 2. The molecule has 4 heteroatoms. The van der Waals surface area contributed by atoms with Crippen LogP contribution >= 0.6 is 0 Å². The number of carbonyl (C=O) groups is 1. The molecule has 0 aliphatic carbocycles. The normalized spacial score (nSPS) is 8.93. The van der Waals surface area contributed by atoms with Gasteiger partial charge in [0, 0.05) is 18.9 Å². The van der Waals surface area contributed by atoms with Crippen LogP contribution < -0.4 is 5.73 Å². The lowest BCUT2D eigenvalue weighted by Gasteiger charge is -1.93. The lowest BCUT2D eigenvalue weighted by Crippen LogP contribution is -1.96. The summed E-state index contributed by atoms with van der Waals surface area (Å²) >= 11 is 0. The zero-order valence-corrected chi connectivity index (χ0v) is 9.06. The van der Waals surface area contributed by atoms with E-state index >= 15 is 0 Å². The van der Waals surface area contributed by atoms with Crippen molar-refractivity contribution in [3.63, 3.8) is 0 Å². The Balaban J connectivity index is 0.000000336. The summed E-state index contributed by atoms with van der Waals surface area (Å²) in [4.78, 5) is 10.3. The number of hydrogen-bond acceptors (Lipinski definition) is 3. The number of anilines is 1. The van der Waals surface area contributed by atoms with Crippen molar-refractivity contribution in [1.29, 1.82) is 0 Å². The second-order valence-electron chi connectivity index (χ2n) is 2.71. The van der Waals surface area contributed by atoms with Crippen molar-refractivity contribution in [3.8, 4) is 0 Å². The molecule has 0 atom stereocenters. The molecule has 84 valence electrons. The van der Waals surface area contributed by atoms with Crippen molar-refractivity contribution < 1.29 is 14.6 Å². The van der Waals surface area contributed by atoms with Crippen LogP contribution in [0.5, 0.6) is 0 Å². The molecule has 0 amide bonds. The summed E-state index contributed by atoms with van der Waals surface area (Å²) in [5, 5.41) is 8.45. The fourth-order valence-electron chi connectivity index (χ4n) is 0.876. The molecule has 0 radical (unpaired) electrons. The summed E-state index contributed by atoms with van der Waals surface area (Å²) in [6.07, 6.45) is 0. The third-order valence-electron chi connectivity index (χ3n) is 1.54. The number of aromatic carboxylic acids is 1. The zero-order valence-electron chi connectivity index (χ0n) is 9.06. The maximum absolute atomic E-state index is 10.3. The average Bonchev–Trinajstić information content (AvgIpc) is 2.20. The minimum Gasteiger partial charge on any atom is -0.478 e. The molecule has 1 aromatic carbocycles. The fourth-order valence-corrected chi connectivity index (χ4v) is 0.876. The van der Waals surface area contributed by atoms with E-state index in [9.17, 15) is 4.79 Å². The van der Waals surface area contributed by atoms with Gasteiger partial charge in [0.15, 0.2) is 0 Å². The molecule has 3 N–H and O–H groups in total. The Morgan fingerprint density at radius 1 is 1.40 bits per heavy atom. The molecule has 0 heterocycles. The van der Waals surface area contributed by atoms with Gasteiger partial charge in [-0.2, -0.15) is 0 Å². The Morgan fingerprint density at radius 2 is 2.00 bits per heavy atom. The van der Waals surface area contributed by atoms with Crippen molar-refractivity contribution in [3.05, 3.63) is 29.8 Å². The van der Waals surface area contributed by atoms with Crippen LogP contribution in [0.25, 0.3) is 0 Å². The van der Waals surface area contributed by atoms with E-state index in [1.54, 1.807) is 12.1 Å². The van der Waals surface area contributed by atoms with Gasteiger partial charge in [0.25, 0.3) is 0 Å². The molecule has 0 fully saturated rings. The largest absolute Gasteiger partial charge is 0.478 e. The highest BCUT2D eigenvalue weighted by Crippen LogP contribution is 2.05. The number of carboxylic acid groups (broad SMARTS) is 1. The van der Waals surface area contributed by atoms with E-state index < -0.39 is 5.97 Å². The van der Waals surface area contributed by atoms with Crippen LogP contribution in [0.4, 0.5) is 5.69 Å². The molecule has 1 aromatic rings. The molecular weight excluding hydrogens is 194 g/mol. The van der Waals surface area contributed by atoms with Crippen molar-refractivity contribution in [2.75, 3.05) is 18.9 Å². The van der Waals surface area contributed by atoms with Gasteiger partial charge in [0.1, 0.15) is 0 Å². The van der Waals surface area contributed by atoms with Crippen LogP contribution in [-0.2, 0) is 4.74 Å². The first kappa shape index (κ1) is 13.4. The molecule has 0 bridgehead atoms. The SMILES string of the molecule is CCOCC.Nc1cccc(C(=O)O)c1. The maximum atomic E-state index is 10.3. The Labute approximate surface area is 89.7 Å². The van der Waals surface area contributed by atoms with Crippen molar-refractivity contribution in [2.24, 2.45) is 0 Å². The van der Waals surface area contributed by atoms with Crippen molar-refractivity contribution in [1.82, 2.24) is 0 Å².